The molecule has 0 radical (unpaired) electrons. The summed E-state index contributed by atoms with van der Waals surface area (Å²) in [5.41, 5.74) is 2.52. The third-order valence-corrected chi connectivity index (χ3v) is 6.71. The van der Waals surface area contributed by atoms with Gasteiger partial charge in [0.05, 0.1) is 11.7 Å². The topological polar surface area (TPSA) is 96.4 Å². The standard InChI is InChI=1S/C25H26N2O6/c28-22(29)15-33-24(30)26(17-10-11-17)23-18-8-4-5-9-20(18)27(21-13-12-19(21)23)25(31)32-14-16-6-2-1-3-7-16/h1-9,17,19,21,23H,10-15H2,(H,28,29). The van der Waals surface area contributed by atoms with Crippen LogP contribution in [0.3, 0.4) is 0 Å². The summed E-state index contributed by atoms with van der Waals surface area (Å²) < 4.78 is 10.7. The lowest BCUT2D eigenvalue weighted by molar-refractivity contribution is -0.140. The van der Waals surface area contributed by atoms with Gasteiger partial charge in [-0.25, -0.2) is 14.4 Å². The molecule has 8 nitrogen and oxygen atoms in total. The molecule has 0 bridgehead atoms. The Morgan fingerprint density at radius 2 is 1.67 bits per heavy atom. The molecule has 0 spiro atoms. The number of anilines is 1. The summed E-state index contributed by atoms with van der Waals surface area (Å²) in [5.74, 6) is -1.14. The van der Waals surface area contributed by atoms with Gasteiger partial charge in [-0.1, -0.05) is 48.5 Å². The Morgan fingerprint density at radius 3 is 2.33 bits per heavy atom. The van der Waals surface area contributed by atoms with Crippen molar-refractivity contribution in [3.63, 3.8) is 0 Å². The van der Waals surface area contributed by atoms with Crippen molar-refractivity contribution < 1.29 is 29.0 Å². The number of carboxylic acid groups (broad SMARTS) is 1. The Morgan fingerprint density at radius 1 is 0.939 bits per heavy atom. The number of carbonyl (C=O) groups is 3. The fourth-order valence-electron chi connectivity index (χ4n) is 4.98. The molecule has 0 saturated heterocycles. The lowest BCUT2D eigenvalue weighted by Gasteiger charge is -2.54. The van der Waals surface area contributed by atoms with E-state index >= 15 is 0 Å². The van der Waals surface area contributed by atoms with Gasteiger partial charge in [-0.2, -0.15) is 0 Å². The van der Waals surface area contributed by atoms with E-state index in [2.05, 4.69) is 0 Å². The maximum absolute atomic E-state index is 13.2. The van der Waals surface area contributed by atoms with Crippen LogP contribution in [0.1, 0.15) is 42.9 Å². The normalized spacial score (nSPS) is 22.9. The molecule has 2 aliphatic carbocycles. The number of para-hydroxylation sites is 1. The monoisotopic (exact) mass is 450 g/mol. The fraction of sp³-hybridized carbons (Fsp3) is 0.400. The zero-order valence-electron chi connectivity index (χ0n) is 18.1. The van der Waals surface area contributed by atoms with E-state index in [0.717, 1.165) is 42.5 Å². The van der Waals surface area contributed by atoms with E-state index in [4.69, 9.17) is 14.6 Å². The van der Waals surface area contributed by atoms with Crippen LogP contribution in [0.15, 0.2) is 54.6 Å². The molecule has 1 heterocycles. The summed E-state index contributed by atoms with van der Waals surface area (Å²) in [5, 5.41) is 8.95. The zero-order chi connectivity index (χ0) is 22.9. The van der Waals surface area contributed by atoms with Crippen LogP contribution in [0.2, 0.25) is 0 Å². The van der Waals surface area contributed by atoms with Gasteiger partial charge >= 0.3 is 18.2 Å². The molecular formula is C25H26N2O6. The van der Waals surface area contributed by atoms with Crippen LogP contribution in [-0.2, 0) is 20.9 Å². The first-order valence-corrected chi connectivity index (χ1v) is 11.3. The number of benzene rings is 2. The molecule has 2 aromatic carbocycles. The Balaban J connectivity index is 1.42. The van der Waals surface area contributed by atoms with Gasteiger partial charge in [0, 0.05) is 18.0 Å². The second-order valence-electron chi connectivity index (χ2n) is 8.81. The van der Waals surface area contributed by atoms with E-state index in [1.54, 1.807) is 9.80 Å². The zero-order valence-corrected chi connectivity index (χ0v) is 18.1. The van der Waals surface area contributed by atoms with Crippen molar-refractivity contribution >= 4 is 23.8 Å². The molecule has 1 N–H and O–H groups in total. The van der Waals surface area contributed by atoms with E-state index in [9.17, 15) is 14.4 Å². The molecule has 1 aliphatic heterocycles. The summed E-state index contributed by atoms with van der Waals surface area (Å²) in [4.78, 5) is 40.5. The number of ether oxygens (including phenoxy) is 2. The third kappa shape index (κ3) is 4.13. The minimum Gasteiger partial charge on any atom is -0.479 e. The van der Waals surface area contributed by atoms with Gasteiger partial charge < -0.3 is 14.6 Å². The van der Waals surface area contributed by atoms with Gasteiger partial charge in [0.2, 0.25) is 0 Å². The van der Waals surface area contributed by atoms with Crippen LogP contribution in [0.4, 0.5) is 15.3 Å². The highest BCUT2D eigenvalue weighted by atomic mass is 16.6. The van der Waals surface area contributed by atoms with Crippen molar-refractivity contribution in [2.45, 2.75) is 50.4 Å². The second-order valence-corrected chi connectivity index (χ2v) is 8.81. The minimum absolute atomic E-state index is 0.0298. The number of hydrogen-bond acceptors (Lipinski definition) is 5. The van der Waals surface area contributed by atoms with Gasteiger partial charge in [0.25, 0.3) is 0 Å². The molecule has 3 aliphatic rings. The number of fused-ring (bicyclic) bond motifs is 2. The molecule has 0 aromatic heterocycles. The number of carboxylic acids is 1. The second kappa shape index (κ2) is 8.77. The molecule has 8 heteroatoms. The van der Waals surface area contributed by atoms with Crippen LogP contribution in [0.25, 0.3) is 0 Å². The first-order valence-electron chi connectivity index (χ1n) is 11.3. The molecular weight excluding hydrogens is 424 g/mol. The highest BCUT2D eigenvalue weighted by molar-refractivity contribution is 5.91. The summed E-state index contributed by atoms with van der Waals surface area (Å²) in [7, 11) is 0. The fourth-order valence-corrected chi connectivity index (χ4v) is 4.98. The third-order valence-electron chi connectivity index (χ3n) is 6.71. The molecule has 3 atom stereocenters. The highest BCUT2D eigenvalue weighted by Crippen LogP contribution is 2.54. The number of amides is 2. The molecule has 172 valence electrons. The summed E-state index contributed by atoms with van der Waals surface area (Å²) in [6, 6.07) is 16.8. The number of aliphatic carboxylic acids is 1. The molecule has 2 aromatic rings. The van der Waals surface area contributed by atoms with Crippen LogP contribution in [0, 0.1) is 5.92 Å². The lowest BCUT2D eigenvalue weighted by atomic mass is 9.68. The predicted molar refractivity (Wildman–Crippen MR) is 119 cm³/mol. The summed E-state index contributed by atoms with van der Waals surface area (Å²) >= 11 is 0. The quantitative estimate of drug-likeness (QED) is 0.703. The van der Waals surface area contributed by atoms with Crippen LogP contribution in [-0.4, -0.2) is 46.9 Å². The molecule has 2 amide bonds. The van der Waals surface area contributed by atoms with Crippen molar-refractivity contribution in [3.05, 3.63) is 65.7 Å². The summed E-state index contributed by atoms with van der Waals surface area (Å²) in [6.45, 7) is -0.475. The largest absolute Gasteiger partial charge is 0.479 e. The number of nitrogens with zero attached hydrogens (tertiary/aromatic N) is 2. The number of carbonyl (C=O) groups excluding carboxylic acids is 2. The SMILES string of the molecule is O=C(O)COC(=O)N(C1CC1)C1c2ccccc2N(C(=O)OCc2ccccc2)C2CCC21. The van der Waals surface area contributed by atoms with E-state index < -0.39 is 24.8 Å². The van der Waals surface area contributed by atoms with Crippen molar-refractivity contribution in [2.24, 2.45) is 5.92 Å². The Bertz CT molecular complexity index is 1050. The van der Waals surface area contributed by atoms with E-state index in [1.807, 2.05) is 54.6 Å². The smallest absolute Gasteiger partial charge is 0.414 e. The van der Waals surface area contributed by atoms with Gasteiger partial charge in [-0.05, 0) is 42.9 Å². The van der Waals surface area contributed by atoms with Crippen molar-refractivity contribution in [3.8, 4) is 0 Å². The average Bonchev–Trinajstić information content (AvgIpc) is 3.63. The van der Waals surface area contributed by atoms with E-state index in [0.29, 0.717) is 0 Å². The van der Waals surface area contributed by atoms with E-state index in [-0.39, 0.29) is 30.7 Å². The molecule has 2 fully saturated rings. The number of rotatable bonds is 6. The number of hydrogen-bond donors (Lipinski definition) is 1. The Kier molecular flexibility index (Phi) is 5.66. The van der Waals surface area contributed by atoms with E-state index in [1.165, 1.54) is 0 Å². The maximum Gasteiger partial charge on any atom is 0.414 e. The summed E-state index contributed by atoms with van der Waals surface area (Å²) in [6.07, 6.45) is 2.40. The average molecular weight is 450 g/mol. The highest BCUT2D eigenvalue weighted by Gasteiger charge is 2.54. The van der Waals surface area contributed by atoms with Crippen molar-refractivity contribution in [1.82, 2.24) is 4.90 Å². The molecule has 3 unspecified atom stereocenters. The lowest BCUT2D eigenvalue weighted by Crippen LogP contribution is -2.59. The molecule has 5 rings (SSSR count). The van der Waals surface area contributed by atoms with Gasteiger partial charge in [0.1, 0.15) is 6.61 Å². The first-order chi connectivity index (χ1) is 16.0. The minimum atomic E-state index is -1.18. The van der Waals surface area contributed by atoms with Crippen LogP contribution >= 0.6 is 0 Å². The van der Waals surface area contributed by atoms with Crippen LogP contribution in [0.5, 0.6) is 0 Å². The Hall–Kier alpha value is -3.55. The van der Waals surface area contributed by atoms with Crippen LogP contribution < -0.4 is 4.90 Å². The molecule has 2 saturated carbocycles. The van der Waals surface area contributed by atoms with Crippen molar-refractivity contribution in [1.29, 1.82) is 0 Å². The van der Waals surface area contributed by atoms with Gasteiger partial charge in [-0.15, -0.1) is 0 Å². The van der Waals surface area contributed by atoms with Gasteiger partial charge in [-0.3, -0.25) is 9.80 Å². The maximum atomic E-state index is 13.2. The Labute approximate surface area is 191 Å². The van der Waals surface area contributed by atoms with Crippen molar-refractivity contribution in [2.75, 3.05) is 11.5 Å². The van der Waals surface area contributed by atoms with Gasteiger partial charge in [0.15, 0.2) is 6.61 Å². The predicted octanol–water partition coefficient (Wildman–Crippen LogP) is 4.35. The first kappa shape index (κ1) is 21.3. The molecule has 33 heavy (non-hydrogen) atoms.